The monoisotopic (exact) mass is 526 g/mol. The molecule has 196 valence electrons. The first-order valence-corrected chi connectivity index (χ1v) is 12.3. The van der Waals surface area contributed by atoms with Crippen molar-refractivity contribution in [2.45, 2.75) is 45.8 Å². The van der Waals surface area contributed by atoms with E-state index in [4.69, 9.17) is 21.2 Å². The first kappa shape index (κ1) is 27.9. The van der Waals surface area contributed by atoms with Crippen LogP contribution in [0.3, 0.4) is 0 Å². The van der Waals surface area contributed by atoms with Crippen molar-refractivity contribution < 1.29 is 19.2 Å². The Labute approximate surface area is 220 Å². The smallest absolute Gasteiger partial charge is 0.434 e. The minimum absolute atomic E-state index is 0.134. The summed E-state index contributed by atoms with van der Waals surface area (Å²) >= 11 is 6.22. The van der Waals surface area contributed by atoms with Crippen molar-refractivity contribution in [3.63, 3.8) is 0 Å². The zero-order valence-electron chi connectivity index (χ0n) is 21.1. The molecular formula is C27H31ClN4O5. The van der Waals surface area contributed by atoms with E-state index >= 15 is 0 Å². The molecule has 37 heavy (non-hydrogen) atoms. The molecule has 10 heteroatoms. The summed E-state index contributed by atoms with van der Waals surface area (Å²) in [6.07, 6.45) is 3.36. The van der Waals surface area contributed by atoms with Gasteiger partial charge in [0.2, 0.25) is 5.91 Å². The topological polar surface area (TPSA) is 103 Å². The molecule has 0 spiro atoms. The van der Waals surface area contributed by atoms with Crippen molar-refractivity contribution in [1.82, 2.24) is 14.6 Å². The zero-order valence-corrected chi connectivity index (χ0v) is 21.9. The van der Waals surface area contributed by atoms with Crippen LogP contribution in [0.25, 0.3) is 0 Å². The van der Waals surface area contributed by atoms with Gasteiger partial charge in [-0.25, -0.2) is 14.6 Å². The number of nitrogens with one attached hydrogen (secondary N) is 1. The van der Waals surface area contributed by atoms with Gasteiger partial charge in [0.15, 0.2) is 0 Å². The molecule has 1 N–H and O–H groups in total. The van der Waals surface area contributed by atoms with Crippen molar-refractivity contribution in [1.29, 1.82) is 0 Å². The Morgan fingerprint density at radius 3 is 2.46 bits per heavy atom. The van der Waals surface area contributed by atoms with E-state index in [1.165, 1.54) is 22.0 Å². The summed E-state index contributed by atoms with van der Waals surface area (Å²) in [5, 5.41) is 4.63. The number of amides is 2. The number of benzene rings is 2. The molecule has 1 heterocycles. The predicted octanol–water partition coefficient (Wildman–Crippen LogP) is 4.49. The minimum atomic E-state index is -0.664. The summed E-state index contributed by atoms with van der Waals surface area (Å²) in [6.45, 7) is 5.78. The Hall–Kier alpha value is -3.69. The van der Waals surface area contributed by atoms with E-state index in [9.17, 15) is 14.4 Å². The van der Waals surface area contributed by atoms with Crippen molar-refractivity contribution in [3.8, 4) is 0 Å². The van der Waals surface area contributed by atoms with Crippen LogP contribution in [0.1, 0.15) is 31.9 Å². The van der Waals surface area contributed by atoms with Crippen LogP contribution in [-0.2, 0) is 33.8 Å². The van der Waals surface area contributed by atoms with E-state index in [2.05, 4.69) is 10.3 Å². The van der Waals surface area contributed by atoms with Crippen molar-refractivity contribution in [2.75, 3.05) is 18.5 Å². The lowest BCUT2D eigenvalue weighted by Gasteiger charge is -2.26. The Morgan fingerprint density at radius 1 is 1.05 bits per heavy atom. The standard InChI is InChI=1S/C27H31ClN4O5/c1-27(2,3)37-26(35)32(36-18-14-21-7-4-5-8-23(21)28)17-13-20-9-11-22(12-10-20)30-24(33)19-31-16-6-15-29-25(31)34/h4-12,15-16H,13-14,17-19H2,1-3H3,(H,30,33). The number of nitrogens with zero attached hydrogens (tertiary/aromatic N) is 3. The first-order chi connectivity index (χ1) is 17.6. The van der Waals surface area contributed by atoms with E-state index in [-0.39, 0.29) is 25.6 Å². The largest absolute Gasteiger partial charge is 0.442 e. The number of hydrogen-bond donors (Lipinski definition) is 1. The number of ether oxygens (including phenoxy) is 1. The summed E-state index contributed by atoms with van der Waals surface area (Å²) in [5.41, 5.74) is 1.30. The second kappa shape index (κ2) is 13.0. The molecule has 3 rings (SSSR count). The van der Waals surface area contributed by atoms with Crippen LogP contribution in [0.5, 0.6) is 0 Å². The van der Waals surface area contributed by atoms with Gasteiger partial charge in [0.25, 0.3) is 0 Å². The van der Waals surface area contributed by atoms with E-state index < -0.39 is 17.4 Å². The van der Waals surface area contributed by atoms with Crippen LogP contribution in [0, 0.1) is 0 Å². The second-order valence-electron chi connectivity index (χ2n) is 9.28. The van der Waals surface area contributed by atoms with E-state index in [1.807, 2.05) is 36.4 Å². The average molecular weight is 527 g/mol. The summed E-state index contributed by atoms with van der Waals surface area (Å²) in [6, 6.07) is 16.3. The van der Waals surface area contributed by atoms with E-state index in [0.717, 1.165) is 11.1 Å². The maximum absolute atomic E-state index is 12.7. The zero-order chi connectivity index (χ0) is 26.8. The Balaban J connectivity index is 1.56. The van der Waals surface area contributed by atoms with E-state index in [1.54, 1.807) is 39.0 Å². The quantitative estimate of drug-likeness (QED) is 0.390. The molecule has 9 nitrogen and oxygen atoms in total. The fraction of sp³-hybridized carbons (Fsp3) is 0.333. The number of hydrogen-bond acceptors (Lipinski definition) is 6. The molecule has 0 aliphatic carbocycles. The molecule has 3 aromatic rings. The summed E-state index contributed by atoms with van der Waals surface area (Å²) in [5.74, 6) is -0.342. The molecule has 0 saturated heterocycles. The molecular weight excluding hydrogens is 496 g/mol. The molecule has 2 amide bonds. The molecule has 0 fully saturated rings. The third kappa shape index (κ3) is 9.36. The third-order valence-electron chi connectivity index (χ3n) is 5.11. The Kier molecular flexibility index (Phi) is 9.82. The fourth-order valence-corrected chi connectivity index (χ4v) is 3.57. The van der Waals surface area contributed by atoms with Crippen molar-refractivity contribution in [3.05, 3.63) is 93.6 Å². The lowest BCUT2D eigenvalue weighted by molar-refractivity contribution is -0.145. The maximum Gasteiger partial charge on any atom is 0.434 e. The van der Waals surface area contributed by atoms with Gasteiger partial charge in [0.05, 0.1) is 13.2 Å². The highest BCUT2D eigenvalue weighted by atomic mass is 35.5. The number of carbonyl (C=O) groups is 2. The molecule has 0 aliphatic rings. The number of aromatic nitrogens is 2. The lowest BCUT2D eigenvalue weighted by atomic mass is 10.1. The minimum Gasteiger partial charge on any atom is -0.442 e. The predicted molar refractivity (Wildman–Crippen MR) is 141 cm³/mol. The molecule has 1 aromatic heterocycles. The normalized spacial score (nSPS) is 11.1. The number of rotatable bonds is 10. The van der Waals surface area contributed by atoms with Gasteiger partial charge < -0.3 is 10.1 Å². The van der Waals surface area contributed by atoms with Crippen molar-refractivity contribution >= 4 is 29.3 Å². The average Bonchev–Trinajstić information content (AvgIpc) is 2.83. The van der Waals surface area contributed by atoms with Gasteiger partial charge in [-0.3, -0.25) is 14.2 Å². The SMILES string of the molecule is CC(C)(C)OC(=O)N(CCc1ccc(NC(=O)Cn2cccnc2=O)cc1)OCCc1ccccc1Cl. The van der Waals surface area contributed by atoms with Crippen molar-refractivity contribution in [2.24, 2.45) is 0 Å². The molecule has 0 aliphatic heterocycles. The number of anilines is 1. The number of hydroxylamine groups is 2. The Morgan fingerprint density at radius 2 is 1.78 bits per heavy atom. The van der Waals surface area contributed by atoms with Crippen LogP contribution >= 0.6 is 11.6 Å². The summed E-state index contributed by atoms with van der Waals surface area (Å²) in [7, 11) is 0. The van der Waals surface area contributed by atoms with Gasteiger partial charge in [0, 0.05) is 23.1 Å². The molecule has 0 bridgehead atoms. The highest BCUT2D eigenvalue weighted by Crippen LogP contribution is 2.17. The van der Waals surface area contributed by atoms with Gasteiger partial charge >= 0.3 is 11.8 Å². The lowest BCUT2D eigenvalue weighted by Crippen LogP contribution is -2.38. The fourth-order valence-electron chi connectivity index (χ4n) is 3.34. The van der Waals surface area contributed by atoms with Crippen LogP contribution < -0.4 is 11.0 Å². The van der Waals surface area contributed by atoms with Crippen LogP contribution in [0.2, 0.25) is 5.02 Å². The maximum atomic E-state index is 12.7. The van der Waals surface area contributed by atoms with Gasteiger partial charge in [-0.1, -0.05) is 41.9 Å². The Bertz CT molecular complexity index is 1250. The first-order valence-electron chi connectivity index (χ1n) is 11.9. The number of carbonyl (C=O) groups excluding carboxylic acids is 2. The van der Waals surface area contributed by atoms with Crippen LogP contribution in [-0.4, -0.2) is 45.4 Å². The molecule has 0 saturated carbocycles. The highest BCUT2D eigenvalue weighted by molar-refractivity contribution is 6.31. The van der Waals surface area contributed by atoms with Crippen LogP contribution in [0.15, 0.2) is 71.8 Å². The van der Waals surface area contributed by atoms with Gasteiger partial charge in [-0.05, 0) is 69.0 Å². The molecule has 0 radical (unpaired) electrons. The van der Waals surface area contributed by atoms with Crippen LogP contribution in [0.4, 0.5) is 10.5 Å². The van der Waals surface area contributed by atoms with Gasteiger partial charge in [-0.2, -0.15) is 5.06 Å². The van der Waals surface area contributed by atoms with Gasteiger partial charge in [-0.15, -0.1) is 0 Å². The third-order valence-corrected chi connectivity index (χ3v) is 5.48. The number of halogens is 1. The molecule has 0 atom stereocenters. The summed E-state index contributed by atoms with van der Waals surface area (Å²) < 4.78 is 6.72. The van der Waals surface area contributed by atoms with Gasteiger partial charge in [0.1, 0.15) is 12.1 Å². The second-order valence-corrected chi connectivity index (χ2v) is 9.69. The highest BCUT2D eigenvalue weighted by Gasteiger charge is 2.23. The van der Waals surface area contributed by atoms with E-state index in [0.29, 0.717) is 23.6 Å². The molecule has 2 aromatic carbocycles. The summed E-state index contributed by atoms with van der Waals surface area (Å²) in [4.78, 5) is 46.1. The molecule has 0 unspecified atom stereocenters.